The number of urea groups is 1. The van der Waals surface area contributed by atoms with Crippen LogP contribution >= 0.6 is 0 Å². The van der Waals surface area contributed by atoms with Gasteiger partial charge in [-0.05, 0) is 57.2 Å². The third kappa shape index (κ3) is 5.93. The predicted molar refractivity (Wildman–Crippen MR) is 152 cm³/mol. The Kier molecular flexibility index (Phi) is 8.18. The number of fused-ring (bicyclic) bond motifs is 1. The van der Waals surface area contributed by atoms with Crippen LogP contribution in [0.1, 0.15) is 20.8 Å². The highest BCUT2D eigenvalue weighted by Gasteiger charge is 2.44. The van der Waals surface area contributed by atoms with Gasteiger partial charge in [0.2, 0.25) is 0 Å². The van der Waals surface area contributed by atoms with Crippen LogP contribution in [0.3, 0.4) is 0 Å². The number of nitrogens with zero attached hydrogens (tertiary/aromatic N) is 4. The Balaban J connectivity index is 1.36. The van der Waals surface area contributed by atoms with Crippen molar-refractivity contribution >= 4 is 46.1 Å². The molecule has 0 radical (unpaired) electrons. The molecule has 1 aliphatic heterocycles. The second kappa shape index (κ2) is 12.0. The number of ether oxygens (including phenoxy) is 1. The minimum absolute atomic E-state index is 0.0214. The van der Waals surface area contributed by atoms with Crippen LogP contribution in [0.2, 0.25) is 0 Å². The molecular formula is C28H28F2N8O5. The first-order chi connectivity index (χ1) is 20.6. The lowest BCUT2D eigenvalue weighted by Gasteiger charge is -2.40. The Morgan fingerprint density at radius 1 is 1.09 bits per heavy atom. The number of halogens is 2. The van der Waals surface area contributed by atoms with Gasteiger partial charge in [0.15, 0.2) is 29.1 Å². The van der Waals surface area contributed by atoms with Crippen molar-refractivity contribution in [2.24, 2.45) is 0 Å². The molecule has 13 nitrogen and oxygen atoms in total. The van der Waals surface area contributed by atoms with Crippen molar-refractivity contribution in [2.75, 3.05) is 22.1 Å². The molecule has 43 heavy (non-hydrogen) atoms. The standard InChI is InChI=1S/C28H28F2N8O5/c1-14(2)38-28(42)37(18-7-4-16(29)5-8-18)27(41)23(36-38)26(40)33-17-6-9-20(19(30)12-17)43-21-10-11-31-24-22(21)25(35-34-24)32-15(3)13-39/h4-12,14-15,23,36,39H,13H2,1-3H3,(H,33,40)(H2,31,32,34,35)/t15-,23?/m1/s1. The van der Waals surface area contributed by atoms with Gasteiger partial charge in [-0.3, -0.25) is 19.7 Å². The van der Waals surface area contributed by atoms with E-state index in [0.717, 1.165) is 28.1 Å². The van der Waals surface area contributed by atoms with E-state index < -0.39 is 41.6 Å². The van der Waals surface area contributed by atoms with Crippen LogP contribution < -0.4 is 25.7 Å². The number of H-pyrrole nitrogens is 1. The highest BCUT2D eigenvalue weighted by molar-refractivity contribution is 6.25. The second-order valence-corrected chi connectivity index (χ2v) is 10.0. The van der Waals surface area contributed by atoms with E-state index in [2.05, 4.69) is 31.2 Å². The fourth-order valence-electron chi connectivity index (χ4n) is 4.33. The molecule has 0 aliphatic carbocycles. The summed E-state index contributed by atoms with van der Waals surface area (Å²) in [5, 5.41) is 23.3. The van der Waals surface area contributed by atoms with Crippen molar-refractivity contribution < 1.29 is 33.0 Å². The first-order valence-electron chi connectivity index (χ1n) is 13.2. The molecule has 0 saturated carbocycles. The summed E-state index contributed by atoms with van der Waals surface area (Å²) in [5.74, 6) is -2.71. The van der Waals surface area contributed by atoms with Crippen LogP contribution in [0.25, 0.3) is 11.0 Å². The van der Waals surface area contributed by atoms with Crippen molar-refractivity contribution in [3.05, 3.63) is 66.4 Å². The molecule has 224 valence electrons. The van der Waals surface area contributed by atoms with Crippen molar-refractivity contribution in [1.29, 1.82) is 0 Å². The highest BCUT2D eigenvalue weighted by Crippen LogP contribution is 2.34. The average Bonchev–Trinajstić information content (AvgIpc) is 3.38. The molecule has 2 aromatic heterocycles. The number of hydrogen-bond acceptors (Lipinski definition) is 9. The second-order valence-electron chi connectivity index (χ2n) is 10.0. The number of aromatic amines is 1. The molecule has 5 N–H and O–H groups in total. The van der Waals surface area contributed by atoms with Crippen molar-refractivity contribution in [1.82, 2.24) is 25.6 Å². The molecule has 1 saturated heterocycles. The summed E-state index contributed by atoms with van der Waals surface area (Å²) < 4.78 is 34.5. The SMILES string of the molecule is CC(C)N1NC(C(=O)Nc2ccc(Oc3ccnc4[nH]nc(N[C@H](C)CO)c34)c(F)c2)C(=O)N(c2ccc(F)cc2)C1=O. The molecule has 15 heteroatoms. The summed E-state index contributed by atoms with van der Waals surface area (Å²) in [6.45, 7) is 4.96. The van der Waals surface area contributed by atoms with Gasteiger partial charge >= 0.3 is 6.03 Å². The summed E-state index contributed by atoms with van der Waals surface area (Å²) >= 11 is 0. The Labute approximate surface area is 243 Å². The van der Waals surface area contributed by atoms with Crippen LogP contribution in [-0.2, 0) is 9.59 Å². The Bertz CT molecular complexity index is 1680. The van der Waals surface area contributed by atoms with Crippen molar-refractivity contribution in [2.45, 2.75) is 38.9 Å². The van der Waals surface area contributed by atoms with E-state index >= 15 is 4.39 Å². The minimum Gasteiger partial charge on any atom is -0.453 e. The quantitative estimate of drug-likeness (QED) is 0.182. The van der Waals surface area contributed by atoms with E-state index in [4.69, 9.17) is 4.74 Å². The zero-order valence-electron chi connectivity index (χ0n) is 23.3. The molecule has 4 amide bonds. The molecule has 3 heterocycles. The molecule has 5 rings (SSSR count). The number of aliphatic hydroxyl groups is 1. The van der Waals surface area contributed by atoms with E-state index in [1.165, 1.54) is 36.5 Å². The van der Waals surface area contributed by atoms with Crippen molar-refractivity contribution in [3.63, 3.8) is 0 Å². The number of benzene rings is 2. The molecule has 0 spiro atoms. The third-order valence-electron chi connectivity index (χ3n) is 6.50. The van der Waals surface area contributed by atoms with Crippen LogP contribution in [-0.4, -0.2) is 67.9 Å². The fraction of sp³-hybridized carbons (Fsp3) is 0.250. The first kappa shape index (κ1) is 29.3. The molecule has 2 atom stereocenters. The van der Waals surface area contributed by atoms with Crippen LogP contribution in [0.4, 0.5) is 30.8 Å². The van der Waals surface area contributed by atoms with E-state index in [0.29, 0.717) is 16.9 Å². The van der Waals surface area contributed by atoms with Gasteiger partial charge in [0, 0.05) is 36.1 Å². The number of imide groups is 1. The smallest absolute Gasteiger partial charge is 0.346 e. The molecular weight excluding hydrogens is 566 g/mol. The van der Waals surface area contributed by atoms with Crippen molar-refractivity contribution in [3.8, 4) is 11.5 Å². The highest BCUT2D eigenvalue weighted by atomic mass is 19.1. The molecule has 1 fully saturated rings. The Morgan fingerprint density at radius 3 is 2.51 bits per heavy atom. The lowest BCUT2D eigenvalue weighted by molar-refractivity contribution is -0.131. The van der Waals surface area contributed by atoms with Gasteiger partial charge < -0.3 is 20.5 Å². The summed E-state index contributed by atoms with van der Waals surface area (Å²) in [6.07, 6.45) is 1.45. The largest absolute Gasteiger partial charge is 0.453 e. The van der Waals surface area contributed by atoms with E-state index in [1.54, 1.807) is 20.8 Å². The van der Waals surface area contributed by atoms with Crippen LogP contribution in [0.15, 0.2) is 54.7 Å². The number of aromatic nitrogens is 3. The van der Waals surface area contributed by atoms with Crippen LogP contribution in [0.5, 0.6) is 11.5 Å². The lowest BCUT2D eigenvalue weighted by atomic mass is 10.1. The maximum absolute atomic E-state index is 15.2. The molecule has 1 unspecified atom stereocenters. The third-order valence-corrected chi connectivity index (χ3v) is 6.50. The van der Waals surface area contributed by atoms with Gasteiger partial charge in [-0.1, -0.05) is 0 Å². The van der Waals surface area contributed by atoms with Gasteiger partial charge in [0.25, 0.3) is 11.8 Å². The van der Waals surface area contributed by atoms with Gasteiger partial charge in [-0.25, -0.2) is 28.9 Å². The topological polar surface area (TPSA) is 165 Å². The number of hydrogen-bond donors (Lipinski definition) is 5. The van der Waals surface area contributed by atoms with Gasteiger partial charge in [0.05, 0.1) is 12.3 Å². The summed E-state index contributed by atoms with van der Waals surface area (Å²) in [6, 6.07) is 6.85. The van der Waals surface area contributed by atoms with E-state index in [-0.39, 0.29) is 35.5 Å². The fourth-order valence-corrected chi connectivity index (χ4v) is 4.33. The maximum atomic E-state index is 15.2. The van der Waals surface area contributed by atoms with Gasteiger partial charge in [0.1, 0.15) is 17.0 Å². The molecule has 1 aliphatic rings. The Hall–Kier alpha value is -5.15. The zero-order chi connectivity index (χ0) is 30.8. The Morgan fingerprint density at radius 2 is 1.84 bits per heavy atom. The number of nitrogens with one attached hydrogen (secondary N) is 4. The zero-order valence-corrected chi connectivity index (χ0v) is 23.3. The maximum Gasteiger partial charge on any atom is 0.346 e. The number of rotatable bonds is 9. The van der Waals surface area contributed by atoms with E-state index in [9.17, 15) is 23.9 Å². The lowest BCUT2D eigenvalue weighted by Crippen LogP contribution is -2.70. The molecule has 4 aromatic rings. The minimum atomic E-state index is -1.55. The number of carbonyl (C=O) groups is 3. The normalized spacial score (nSPS) is 16.1. The number of aliphatic hydroxyl groups excluding tert-OH is 1. The number of carbonyl (C=O) groups excluding carboxylic acids is 3. The summed E-state index contributed by atoms with van der Waals surface area (Å²) in [5.41, 5.74) is 3.11. The number of hydrazine groups is 1. The predicted octanol–water partition coefficient (Wildman–Crippen LogP) is 3.51. The first-order valence-corrected chi connectivity index (χ1v) is 13.2. The van der Waals surface area contributed by atoms with Gasteiger partial charge in [-0.2, -0.15) is 5.10 Å². The molecule has 2 aromatic carbocycles. The summed E-state index contributed by atoms with van der Waals surface area (Å²) in [7, 11) is 0. The van der Waals surface area contributed by atoms with E-state index in [1.807, 2.05) is 0 Å². The summed E-state index contributed by atoms with van der Waals surface area (Å²) in [4.78, 5) is 44.5. The number of anilines is 3. The number of pyridine rings is 1. The monoisotopic (exact) mass is 594 g/mol. The average molecular weight is 595 g/mol. The molecule has 0 bridgehead atoms. The van der Waals surface area contributed by atoms with Crippen LogP contribution in [0, 0.1) is 11.6 Å². The van der Waals surface area contributed by atoms with Gasteiger partial charge in [-0.15, -0.1) is 0 Å². The number of amides is 4.